The molecule has 1 heterocycles. The summed E-state index contributed by atoms with van der Waals surface area (Å²) in [6.45, 7) is 0. The smallest absolute Gasteiger partial charge is 0.318 e. The molecule has 0 aliphatic carbocycles. The molecule has 2 amide bonds. The topological polar surface area (TPSA) is 83.5 Å². The minimum absolute atomic E-state index is 0.315. The van der Waals surface area contributed by atoms with Crippen molar-refractivity contribution in [1.82, 2.24) is 10.4 Å². The van der Waals surface area contributed by atoms with Crippen molar-refractivity contribution in [3.63, 3.8) is 0 Å². The molecule has 1 aromatic heterocycles. The van der Waals surface area contributed by atoms with E-state index >= 15 is 0 Å². The summed E-state index contributed by atoms with van der Waals surface area (Å²) in [6, 6.07) is 8.42. The van der Waals surface area contributed by atoms with Crippen molar-refractivity contribution in [3.8, 4) is 0 Å². The van der Waals surface area contributed by atoms with Gasteiger partial charge in [0.05, 0.1) is 6.21 Å². The summed E-state index contributed by atoms with van der Waals surface area (Å²) in [7, 11) is 0. The van der Waals surface area contributed by atoms with Crippen molar-refractivity contribution < 1.29 is 14.0 Å². The molecule has 0 saturated carbocycles. The summed E-state index contributed by atoms with van der Waals surface area (Å²) < 4.78 is 12.7. The maximum Gasteiger partial charge on any atom is 0.329 e. The van der Waals surface area contributed by atoms with Crippen LogP contribution >= 0.6 is 0 Å². The van der Waals surface area contributed by atoms with E-state index < -0.39 is 17.6 Å². The van der Waals surface area contributed by atoms with Crippen molar-refractivity contribution in [2.45, 2.75) is 0 Å². The molecule has 0 aliphatic heterocycles. The molecule has 0 fully saturated rings. The number of hydrogen-bond acceptors (Lipinski definition) is 4. The van der Waals surface area contributed by atoms with E-state index in [1.807, 2.05) is 0 Å². The maximum atomic E-state index is 12.7. The van der Waals surface area contributed by atoms with Crippen LogP contribution in [0.5, 0.6) is 0 Å². The molecular formula is C14H11FN4O2. The number of benzene rings is 1. The average Bonchev–Trinajstić information content (AvgIpc) is 2.50. The Morgan fingerprint density at radius 1 is 1.05 bits per heavy atom. The molecular weight excluding hydrogens is 275 g/mol. The number of amides is 2. The Kier molecular flexibility index (Phi) is 4.70. The van der Waals surface area contributed by atoms with Gasteiger partial charge in [0.25, 0.3) is 0 Å². The minimum atomic E-state index is -0.926. The van der Waals surface area contributed by atoms with Crippen molar-refractivity contribution in [2.24, 2.45) is 5.10 Å². The molecule has 0 unspecified atom stereocenters. The van der Waals surface area contributed by atoms with Crippen LogP contribution in [0.25, 0.3) is 0 Å². The number of aromatic nitrogens is 1. The van der Waals surface area contributed by atoms with Crippen LogP contribution in [0.15, 0.2) is 53.9 Å². The van der Waals surface area contributed by atoms with Gasteiger partial charge in [0.15, 0.2) is 0 Å². The zero-order chi connectivity index (χ0) is 15.1. The highest BCUT2D eigenvalue weighted by Gasteiger charge is 2.12. The van der Waals surface area contributed by atoms with Gasteiger partial charge in [-0.25, -0.2) is 9.82 Å². The number of hydrazone groups is 1. The number of rotatable bonds is 3. The maximum absolute atomic E-state index is 12.7. The first-order chi connectivity index (χ1) is 10.1. The summed E-state index contributed by atoms with van der Waals surface area (Å²) >= 11 is 0. The lowest BCUT2D eigenvalue weighted by Gasteiger charge is -2.03. The van der Waals surface area contributed by atoms with Crippen LogP contribution in [0, 0.1) is 5.82 Å². The highest BCUT2D eigenvalue weighted by molar-refractivity contribution is 6.39. The third-order valence-corrected chi connectivity index (χ3v) is 2.39. The Morgan fingerprint density at radius 2 is 1.71 bits per heavy atom. The number of nitrogens with zero attached hydrogens (tertiary/aromatic N) is 2. The SMILES string of the molecule is O=C(N/N=C/c1ccncc1)C(=O)Nc1ccc(F)cc1. The second-order valence-corrected chi connectivity index (χ2v) is 3.94. The quantitative estimate of drug-likeness (QED) is 0.507. The van der Waals surface area contributed by atoms with Crippen LogP contribution in [0.1, 0.15) is 5.56 Å². The van der Waals surface area contributed by atoms with Crippen LogP contribution in [0.3, 0.4) is 0 Å². The highest BCUT2D eigenvalue weighted by Crippen LogP contribution is 2.07. The Morgan fingerprint density at radius 3 is 2.38 bits per heavy atom. The molecule has 106 valence electrons. The Balaban J connectivity index is 1.87. The monoisotopic (exact) mass is 286 g/mol. The number of hydrogen-bond donors (Lipinski definition) is 2. The van der Waals surface area contributed by atoms with Gasteiger partial charge in [-0.3, -0.25) is 14.6 Å². The van der Waals surface area contributed by atoms with Gasteiger partial charge in [-0.1, -0.05) is 0 Å². The Labute approximate surface area is 119 Å². The van der Waals surface area contributed by atoms with E-state index in [9.17, 15) is 14.0 Å². The van der Waals surface area contributed by atoms with Gasteiger partial charge in [0.2, 0.25) is 0 Å². The standard InChI is InChI=1S/C14H11FN4O2/c15-11-1-3-12(4-2-11)18-13(20)14(21)19-17-9-10-5-7-16-8-6-10/h1-9H,(H,18,20)(H,19,21)/b17-9+. The van der Waals surface area contributed by atoms with E-state index in [0.717, 1.165) is 5.56 Å². The number of carbonyl (C=O) groups excluding carboxylic acids is 2. The summed E-state index contributed by atoms with van der Waals surface area (Å²) in [6.07, 6.45) is 4.53. The zero-order valence-corrected chi connectivity index (χ0v) is 10.8. The van der Waals surface area contributed by atoms with E-state index in [1.54, 1.807) is 24.5 Å². The van der Waals surface area contributed by atoms with Crippen molar-refractivity contribution in [1.29, 1.82) is 0 Å². The largest absolute Gasteiger partial charge is 0.329 e. The van der Waals surface area contributed by atoms with Gasteiger partial charge in [0.1, 0.15) is 5.82 Å². The van der Waals surface area contributed by atoms with Crippen molar-refractivity contribution in [2.75, 3.05) is 5.32 Å². The lowest BCUT2D eigenvalue weighted by molar-refractivity contribution is -0.136. The molecule has 2 rings (SSSR count). The first-order valence-electron chi connectivity index (χ1n) is 5.95. The fourth-order valence-corrected chi connectivity index (χ4v) is 1.39. The van der Waals surface area contributed by atoms with E-state index in [4.69, 9.17) is 0 Å². The number of nitrogens with one attached hydrogen (secondary N) is 2. The van der Waals surface area contributed by atoms with Gasteiger partial charge in [-0.05, 0) is 42.0 Å². The third-order valence-electron chi connectivity index (χ3n) is 2.39. The number of halogens is 1. The number of carbonyl (C=O) groups is 2. The molecule has 1 aromatic carbocycles. The second kappa shape index (κ2) is 6.90. The van der Waals surface area contributed by atoms with E-state index in [1.165, 1.54) is 30.5 Å². The van der Waals surface area contributed by atoms with Gasteiger partial charge >= 0.3 is 11.8 Å². The van der Waals surface area contributed by atoms with E-state index in [-0.39, 0.29) is 0 Å². The first-order valence-corrected chi connectivity index (χ1v) is 5.95. The fourth-order valence-electron chi connectivity index (χ4n) is 1.39. The predicted molar refractivity (Wildman–Crippen MR) is 75.0 cm³/mol. The fraction of sp³-hybridized carbons (Fsp3) is 0. The second-order valence-electron chi connectivity index (χ2n) is 3.94. The number of anilines is 1. The molecule has 0 bridgehead atoms. The molecule has 2 aromatic rings. The molecule has 21 heavy (non-hydrogen) atoms. The molecule has 2 N–H and O–H groups in total. The summed E-state index contributed by atoms with van der Waals surface area (Å²) in [4.78, 5) is 26.9. The van der Waals surface area contributed by atoms with Crippen molar-refractivity contribution in [3.05, 3.63) is 60.2 Å². The van der Waals surface area contributed by atoms with Crippen LogP contribution in [-0.4, -0.2) is 23.0 Å². The molecule has 0 saturated heterocycles. The van der Waals surface area contributed by atoms with Gasteiger partial charge in [-0.15, -0.1) is 0 Å². The molecule has 0 spiro atoms. The minimum Gasteiger partial charge on any atom is -0.318 e. The zero-order valence-electron chi connectivity index (χ0n) is 10.8. The normalized spacial score (nSPS) is 10.3. The van der Waals surface area contributed by atoms with Crippen molar-refractivity contribution >= 4 is 23.7 Å². The molecule has 6 nitrogen and oxygen atoms in total. The summed E-state index contributed by atoms with van der Waals surface area (Å²) in [5.41, 5.74) is 3.13. The summed E-state index contributed by atoms with van der Waals surface area (Å²) in [5.74, 6) is -2.25. The average molecular weight is 286 g/mol. The summed E-state index contributed by atoms with van der Waals surface area (Å²) in [5, 5.41) is 5.96. The first kappa shape index (κ1) is 14.3. The van der Waals surface area contributed by atoms with Gasteiger partial charge in [0, 0.05) is 18.1 Å². The predicted octanol–water partition coefficient (Wildman–Crippen LogP) is 1.31. The van der Waals surface area contributed by atoms with E-state index in [2.05, 4.69) is 20.8 Å². The molecule has 0 atom stereocenters. The Hall–Kier alpha value is -3.09. The Bertz CT molecular complexity index is 656. The van der Waals surface area contributed by atoms with Crippen LogP contribution in [0.4, 0.5) is 10.1 Å². The lowest BCUT2D eigenvalue weighted by Crippen LogP contribution is -2.32. The van der Waals surface area contributed by atoms with Gasteiger partial charge in [-0.2, -0.15) is 5.10 Å². The lowest BCUT2D eigenvalue weighted by atomic mass is 10.3. The van der Waals surface area contributed by atoms with Crippen LogP contribution in [-0.2, 0) is 9.59 Å². The molecule has 0 radical (unpaired) electrons. The third kappa shape index (κ3) is 4.50. The molecule has 7 heteroatoms. The van der Waals surface area contributed by atoms with E-state index in [0.29, 0.717) is 5.69 Å². The van der Waals surface area contributed by atoms with Gasteiger partial charge < -0.3 is 5.32 Å². The molecule has 0 aliphatic rings. The number of pyridine rings is 1. The van der Waals surface area contributed by atoms with Crippen LogP contribution < -0.4 is 10.7 Å². The highest BCUT2D eigenvalue weighted by atomic mass is 19.1. The van der Waals surface area contributed by atoms with Crippen LogP contribution in [0.2, 0.25) is 0 Å².